The van der Waals surface area contributed by atoms with Crippen LogP contribution in [0.15, 0.2) is 23.3 Å². The third-order valence-electron chi connectivity index (χ3n) is 1.74. The first kappa shape index (κ1) is 16.2. The van der Waals surface area contributed by atoms with Gasteiger partial charge in [-0.1, -0.05) is 6.58 Å². The fraction of sp³-hybridized carbons (Fsp3) is 0.545. The fourth-order valence-electron chi connectivity index (χ4n) is 0.933. The van der Waals surface area contributed by atoms with Gasteiger partial charge in [-0.3, -0.25) is 9.52 Å². The van der Waals surface area contributed by atoms with Gasteiger partial charge in [0.25, 0.3) is 5.91 Å². The Hall–Kier alpha value is -0.750. The van der Waals surface area contributed by atoms with Crippen molar-refractivity contribution < 1.29 is 13.7 Å². The van der Waals surface area contributed by atoms with Crippen LogP contribution in [-0.4, -0.2) is 28.2 Å². The number of nitrogens with one attached hydrogen (secondary N) is 1. The van der Waals surface area contributed by atoms with E-state index in [0.717, 1.165) is 0 Å². The van der Waals surface area contributed by atoms with Gasteiger partial charge in [0.15, 0.2) is 0 Å². The first-order chi connectivity index (χ1) is 7.97. The van der Waals surface area contributed by atoms with Gasteiger partial charge in [0.1, 0.15) is 21.6 Å². The summed E-state index contributed by atoms with van der Waals surface area (Å²) < 4.78 is 19.2. The van der Waals surface area contributed by atoms with Crippen LogP contribution in [0.3, 0.4) is 0 Å². The Morgan fingerprint density at radius 3 is 2.53 bits per heavy atom. The third-order valence-corrected chi connectivity index (χ3v) is 3.78. The molecule has 1 unspecified atom stereocenters. The molecule has 0 aliphatic rings. The van der Waals surface area contributed by atoms with Crippen LogP contribution in [0.4, 0.5) is 0 Å². The van der Waals surface area contributed by atoms with Gasteiger partial charge in [0.2, 0.25) is 0 Å². The predicted molar refractivity (Wildman–Crippen MR) is 73.8 cm³/mol. The van der Waals surface area contributed by atoms with Crippen molar-refractivity contribution in [3.05, 3.63) is 23.3 Å². The molecule has 0 radical (unpaired) electrons. The normalized spacial score (nSPS) is 13.9. The molecular weight excluding hydrogens is 258 g/mol. The highest BCUT2D eigenvalue weighted by atomic mass is 32.2. The average molecular weight is 277 g/mol. The van der Waals surface area contributed by atoms with Gasteiger partial charge in [-0.05, 0) is 33.1 Å². The number of carbonyl (C=O) groups is 1. The van der Waals surface area contributed by atoms with Gasteiger partial charge < -0.3 is 4.74 Å². The first-order valence-corrected chi connectivity index (χ1v) is 7.66. The van der Waals surface area contributed by atoms with Gasteiger partial charge in [-0.2, -0.15) is 0 Å². The maximum Gasteiger partial charge on any atom is 0.273 e. The van der Waals surface area contributed by atoms with Crippen molar-refractivity contribution >= 4 is 28.7 Å². The minimum absolute atomic E-state index is 0.124. The van der Waals surface area contributed by atoms with E-state index in [1.165, 1.54) is 17.8 Å². The zero-order chi connectivity index (χ0) is 13.4. The predicted octanol–water partition coefficient (Wildman–Crippen LogP) is 1.97. The zero-order valence-corrected chi connectivity index (χ0v) is 12.2. The molecule has 0 heterocycles. The minimum Gasteiger partial charge on any atom is -0.493 e. The van der Waals surface area contributed by atoms with Crippen LogP contribution in [-0.2, 0) is 20.5 Å². The van der Waals surface area contributed by atoms with E-state index >= 15 is 0 Å². The van der Waals surface area contributed by atoms with Crippen molar-refractivity contribution in [2.24, 2.45) is 0 Å². The molecule has 1 atom stereocenters. The monoisotopic (exact) mass is 277 g/mol. The molecule has 0 bridgehead atoms. The lowest BCUT2D eigenvalue weighted by Crippen LogP contribution is -2.31. The molecule has 0 fully saturated rings. The molecule has 0 saturated heterocycles. The Balaban J connectivity index is 4.93. The van der Waals surface area contributed by atoms with Crippen molar-refractivity contribution in [1.82, 2.24) is 4.72 Å². The highest BCUT2D eigenvalue weighted by Gasteiger charge is 2.17. The molecular formula is C11H19NO3S2. The fourth-order valence-corrected chi connectivity index (χ4v) is 2.10. The van der Waals surface area contributed by atoms with E-state index in [-0.39, 0.29) is 5.25 Å². The minimum atomic E-state index is -1.38. The van der Waals surface area contributed by atoms with Gasteiger partial charge >= 0.3 is 0 Å². The van der Waals surface area contributed by atoms with Crippen LogP contribution >= 0.6 is 11.8 Å². The number of ether oxygens (including phenoxy) is 1. The maximum absolute atomic E-state index is 11.9. The Morgan fingerprint density at radius 2 is 2.18 bits per heavy atom. The number of allylic oxidation sites excluding steroid dienone is 1. The van der Waals surface area contributed by atoms with E-state index in [1.807, 2.05) is 6.92 Å². The highest BCUT2D eigenvalue weighted by molar-refractivity contribution is 8.03. The second kappa shape index (κ2) is 8.36. The molecule has 4 nitrogen and oxygen atoms in total. The molecule has 0 rings (SSSR count). The summed E-state index contributed by atoms with van der Waals surface area (Å²) >= 11 is 1.24. The second-order valence-corrected chi connectivity index (χ2v) is 5.87. The smallest absolute Gasteiger partial charge is 0.273 e. The van der Waals surface area contributed by atoms with E-state index in [9.17, 15) is 9.00 Å². The number of rotatable bonds is 7. The summed E-state index contributed by atoms with van der Waals surface area (Å²) in [5, 5.41) is -0.124. The van der Waals surface area contributed by atoms with Crippen LogP contribution in [0.2, 0.25) is 0 Å². The molecule has 0 aromatic rings. The lowest BCUT2D eigenvalue weighted by atomic mass is 10.4. The largest absolute Gasteiger partial charge is 0.493 e. The molecule has 0 aliphatic heterocycles. The van der Waals surface area contributed by atoms with Crippen molar-refractivity contribution in [2.45, 2.75) is 26.0 Å². The van der Waals surface area contributed by atoms with Crippen LogP contribution in [0.25, 0.3) is 0 Å². The van der Waals surface area contributed by atoms with Crippen molar-refractivity contribution in [2.75, 3.05) is 12.9 Å². The SMILES string of the molecule is C=C/C(OCC)=C(\SC)C(=O)NS(=O)C(C)C. The Labute approximate surface area is 109 Å². The Morgan fingerprint density at radius 1 is 1.59 bits per heavy atom. The van der Waals surface area contributed by atoms with Crippen LogP contribution in [0.1, 0.15) is 20.8 Å². The van der Waals surface area contributed by atoms with E-state index < -0.39 is 16.9 Å². The Kier molecular flexibility index (Phi) is 7.99. The molecule has 0 aliphatic carbocycles. The van der Waals surface area contributed by atoms with Gasteiger partial charge in [0, 0.05) is 5.25 Å². The lowest BCUT2D eigenvalue weighted by Gasteiger charge is -2.12. The topological polar surface area (TPSA) is 55.4 Å². The van der Waals surface area contributed by atoms with E-state index in [1.54, 1.807) is 20.1 Å². The van der Waals surface area contributed by atoms with Crippen LogP contribution in [0.5, 0.6) is 0 Å². The molecule has 17 heavy (non-hydrogen) atoms. The summed E-state index contributed by atoms with van der Waals surface area (Å²) in [4.78, 5) is 12.2. The molecule has 0 aromatic carbocycles. The molecule has 0 aromatic heterocycles. The van der Waals surface area contributed by atoms with E-state index in [2.05, 4.69) is 11.3 Å². The molecule has 0 spiro atoms. The Bertz CT molecular complexity index is 338. The molecule has 1 amide bonds. The van der Waals surface area contributed by atoms with E-state index in [4.69, 9.17) is 4.74 Å². The standard InChI is InChI=1S/C11H19NO3S2/c1-6-9(15-7-2)10(16-5)11(13)12-17(14)8(3)4/h6,8H,1,7H2,2-5H3,(H,12,13)/b10-9+. The quantitative estimate of drug-likeness (QED) is 0.439. The van der Waals surface area contributed by atoms with E-state index in [0.29, 0.717) is 17.3 Å². The van der Waals surface area contributed by atoms with Gasteiger partial charge in [-0.25, -0.2) is 4.21 Å². The zero-order valence-electron chi connectivity index (χ0n) is 10.6. The average Bonchev–Trinajstić information content (AvgIpc) is 2.28. The van der Waals surface area contributed by atoms with Crippen LogP contribution in [0, 0.1) is 0 Å². The summed E-state index contributed by atoms with van der Waals surface area (Å²) in [6.45, 7) is 9.42. The van der Waals surface area contributed by atoms with Gasteiger partial charge in [0.05, 0.1) is 6.61 Å². The number of hydrogen-bond acceptors (Lipinski definition) is 4. The summed E-state index contributed by atoms with van der Waals surface area (Å²) in [6.07, 6.45) is 3.24. The van der Waals surface area contributed by atoms with Crippen molar-refractivity contribution in [3.63, 3.8) is 0 Å². The summed E-state index contributed by atoms with van der Waals surface area (Å²) in [7, 11) is -1.38. The summed E-state index contributed by atoms with van der Waals surface area (Å²) in [6, 6.07) is 0. The molecule has 98 valence electrons. The molecule has 0 saturated carbocycles. The second-order valence-electron chi connectivity index (χ2n) is 3.31. The number of amides is 1. The molecule has 1 N–H and O–H groups in total. The summed E-state index contributed by atoms with van der Waals surface area (Å²) in [5.74, 6) is 0.0196. The van der Waals surface area contributed by atoms with Gasteiger partial charge in [-0.15, -0.1) is 11.8 Å². The van der Waals surface area contributed by atoms with Crippen molar-refractivity contribution in [1.29, 1.82) is 0 Å². The third kappa shape index (κ3) is 5.41. The van der Waals surface area contributed by atoms with Crippen molar-refractivity contribution in [3.8, 4) is 0 Å². The molecule has 6 heteroatoms. The maximum atomic E-state index is 11.9. The lowest BCUT2D eigenvalue weighted by molar-refractivity contribution is -0.115. The summed E-state index contributed by atoms with van der Waals surface area (Å²) in [5.41, 5.74) is 0. The van der Waals surface area contributed by atoms with Crippen LogP contribution < -0.4 is 4.72 Å². The first-order valence-electron chi connectivity index (χ1n) is 5.22. The highest BCUT2D eigenvalue weighted by Crippen LogP contribution is 2.19. The number of carbonyl (C=O) groups excluding carboxylic acids is 1. The number of thioether (sulfide) groups is 1. The number of hydrogen-bond donors (Lipinski definition) is 1.